The molecule has 1 aliphatic rings. The summed E-state index contributed by atoms with van der Waals surface area (Å²) in [7, 11) is 1.52. The Labute approximate surface area is 166 Å². The van der Waals surface area contributed by atoms with Gasteiger partial charge in [0.2, 0.25) is 11.8 Å². The van der Waals surface area contributed by atoms with Crippen molar-refractivity contribution in [1.29, 1.82) is 0 Å². The molecule has 29 heavy (non-hydrogen) atoms. The smallest absolute Gasteiger partial charge is 0.254 e. The summed E-state index contributed by atoms with van der Waals surface area (Å²) in [6.07, 6.45) is 2.07. The van der Waals surface area contributed by atoms with Crippen LogP contribution in [-0.2, 0) is 4.79 Å². The minimum Gasteiger partial charge on any atom is -0.480 e. The Balaban J connectivity index is 1.72. The van der Waals surface area contributed by atoms with Crippen LogP contribution in [0.2, 0.25) is 0 Å². The molecule has 0 aliphatic carbocycles. The molecule has 0 atom stereocenters. The van der Waals surface area contributed by atoms with Crippen LogP contribution in [0.4, 0.5) is 4.39 Å². The summed E-state index contributed by atoms with van der Waals surface area (Å²) < 4.78 is 19.6. The fourth-order valence-corrected chi connectivity index (χ4v) is 3.42. The maximum atomic E-state index is 14.4. The molecule has 1 aliphatic heterocycles. The second-order valence-corrected chi connectivity index (χ2v) is 6.77. The van der Waals surface area contributed by atoms with Crippen LogP contribution in [0.1, 0.15) is 16.8 Å². The summed E-state index contributed by atoms with van der Waals surface area (Å²) in [5.41, 5.74) is 2.14. The Kier molecular flexibility index (Phi) is 5.07. The molecule has 8 heteroatoms. The summed E-state index contributed by atoms with van der Waals surface area (Å²) in [5, 5.41) is 3.42. The average Bonchev–Trinajstić information content (AvgIpc) is 2.96. The van der Waals surface area contributed by atoms with Crippen molar-refractivity contribution in [2.45, 2.75) is 6.42 Å². The number of aromatic nitrogens is 2. The summed E-state index contributed by atoms with van der Waals surface area (Å²) in [5.74, 6) is -0.694. The van der Waals surface area contributed by atoms with E-state index in [-0.39, 0.29) is 23.9 Å². The largest absolute Gasteiger partial charge is 0.480 e. The van der Waals surface area contributed by atoms with Crippen molar-refractivity contribution in [3.63, 3.8) is 0 Å². The maximum absolute atomic E-state index is 14.4. The number of halogens is 1. The molecule has 3 aromatic rings. The highest BCUT2D eigenvalue weighted by atomic mass is 19.1. The molecule has 0 unspecified atom stereocenters. The van der Waals surface area contributed by atoms with Crippen LogP contribution in [-0.4, -0.2) is 53.4 Å². The van der Waals surface area contributed by atoms with Crippen molar-refractivity contribution in [2.75, 3.05) is 26.7 Å². The average molecular weight is 394 g/mol. The van der Waals surface area contributed by atoms with Gasteiger partial charge in [0, 0.05) is 18.7 Å². The highest BCUT2D eigenvalue weighted by Gasteiger charge is 2.22. The minimum atomic E-state index is -0.526. The molecule has 2 heterocycles. The van der Waals surface area contributed by atoms with E-state index in [1.54, 1.807) is 24.3 Å². The monoisotopic (exact) mass is 394 g/mol. The van der Waals surface area contributed by atoms with E-state index >= 15 is 0 Å². The van der Waals surface area contributed by atoms with E-state index in [4.69, 9.17) is 4.74 Å². The number of ether oxygens (including phenoxy) is 1. The summed E-state index contributed by atoms with van der Waals surface area (Å²) >= 11 is 0. The van der Waals surface area contributed by atoms with Gasteiger partial charge >= 0.3 is 0 Å². The Morgan fingerprint density at radius 2 is 2.03 bits per heavy atom. The quantitative estimate of drug-likeness (QED) is 0.738. The highest BCUT2D eigenvalue weighted by Crippen LogP contribution is 2.29. The lowest BCUT2D eigenvalue weighted by atomic mass is 10.0. The predicted molar refractivity (Wildman–Crippen MR) is 105 cm³/mol. The van der Waals surface area contributed by atoms with E-state index < -0.39 is 5.82 Å². The zero-order valence-electron chi connectivity index (χ0n) is 15.8. The zero-order chi connectivity index (χ0) is 20.4. The van der Waals surface area contributed by atoms with Gasteiger partial charge in [0.1, 0.15) is 12.1 Å². The first-order valence-corrected chi connectivity index (χ1v) is 9.21. The third-order valence-electron chi connectivity index (χ3n) is 4.82. The van der Waals surface area contributed by atoms with Crippen molar-refractivity contribution in [1.82, 2.24) is 20.2 Å². The van der Waals surface area contributed by atoms with Crippen LogP contribution in [0.25, 0.3) is 22.0 Å². The molecular weight excluding hydrogens is 375 g/mol. The molecule has 1 fully saturated rings. The van der Waals surface area contributed by atoms with Crippen molar-refractivity contribution in [3.8, 4) is 17.0 Å². The number of benzene rings is 2. The lowest BCUT2D eigenvalue weighted by molar-refractivity contribution is -0.121. The lowest BCUT2D eigenvalue weighted by Crippen LogP contribution is -2.37. The van der Waals surface area contributed by atoms with Gasteiger partial charge in [-0.05, 0) is 47.9 Å². The van der Waals surface area contributed by atoms with Crippen molar-refractivity contribution >= 4 is 22.7 Å². The third-order valence-corrected chi connectivity index (χ3v) is 4.82. The number of carbonyl (C=O) groups is 2. The SMILES string of the molecule is COc1ncnc2ccc(-c3cc(F)cc(C(=O)N4CCCNC(=O)C4)c3)cc12. The number of hydrogen-bond donors (Lipinski definition) is 1. The third kappa shape index (κ3) is 3.87. The molecule has 7 nitrogen and oxygen atoms in total. The van der Waals surface area contributed by atoms with Crippen molar-refractivity contribution in [3.05, 3.63) is 54.1 Å². The summed E-state index contributed by atoms with van der Waals surface area (Å²) in [4.78, 5) is 34.4. The molecule has 2 amide bonds. The fraction of sp³-hybridized carbons (Fsp3) is 0.238. The van der Waals surface area contributed by atoms with E-state index in [0.717, 1.165) is 0 Å². The van der Waals surface area contributed by atoms with Gasteiger partial charge in [-0.1, -0.05) is 6.07 Å². The van der Waals surface area contributed by atoms with Crippen LogP contribution < -0.4 is 10.1 Å². The van der Waals surface area contributed by atoms with E-state index in [1.807, 2.05) is 0 Å². The number of methoxy groups -OCH3 is 1. The fourth-order valence-electron chi connectivity index (χ4n) is 3.42. The zero-order valence-corrected chi connectivity index (χ0v) is 15.8. The molecule has 1 saturated heterocycles. The van der Waals surface area contributed by atoms with Gasteiger partial charge in [-0.25, -0.2) is 14.4 Å². The van der Waals surface area contributed by atoms with Crippen LogP contribution in [0.15, 0.2) is 42.7 Å². The molecule has 2 aromatic carbocycles. The van der Waals surface area contributed by atoms with Gasteiger partial charge in [0.15, 0.2) is 0 Å². The summed E-state index contributed by atoms with van der Waals surface area (Å²) in [6, 6.07) is 9.59. The predicted octanol–water partition coefficient (Wildman–Crippen LogP) is 2.41. The molecule has 0 bridgehead atoms. The van der Waals surface area contributed by atoms with Gasteiger partial charge in [-0.2, -0.15) is 0 Å². The molecule has 0 saturated carbocycles. The van der Waals surface area contributed by atoms with Crippen LogP contribution in [0.5, 0.6) is 5.88 Å². The molecule has 1 aromatic heterocycles. The lowest BCUT2D eigenvalue weighted by Gasteiger charge is -2.19. The first-order valence-electron chi connectivity index (χ1n) is 9.21. The van der Waals surface area contributed by atoms with E-state index in [0.29, 0.717) is 47.4 Å². The van der Waals surface area contributed by atoms with Crippen LogP contribution >= 0.6 is 0 Å². The minimum absolute atomic E-state index is 0.0325. The number of carbonyl (C=O) groups excluding carboxylic acids is 2. The molecular formula is C21H19FN4O3. The van der Waals surface area contributed by atoms with Gasteiger partial charge in [-0.3, -0.25) is 9.59 Å². The number of fused-ring (bicyclic) bond motifs is 1. The number of nitrogens with zero attached hydrogens (tertiary/aromatic N) is 3. The molecule has 0 spiro atoms. The highest BCUT2D eigenvalue weighted by molar-refractivity contribution is 5.98. The standard InChI is InChI=1S/C21H19FN4O3/c1-29-20-17-10-13(3-4-18(17)24-12-25-20)14-7-15(9-16(22)8-14)21(28)26-6-2-5-23-19(27)11-26/h3-4,7-10,12H,2,5-6,11H2,1H3,(H,23,27). The number of hydrogen-bond acceptors (Lipinski definition) is 5. The summed E-state index contributed by atoms with van der Waals surface area (Å²) in [6.45, 7) is 0.932. The molecule has 148 valence electrons. The Morgan fingerprint density at radius 3 is 2.86 bits per heavy atom. The van der Waals surface area contributed by atoms with Gasteiger partial charge in [0.05, 0.1) is 24.6 Å². The van der Waals surface area contributed by atoms with Gasteiger partial charge in [0.25, 0.3) is 5.91 Å². The molecule has 4 rings (SSSR count). The van der Waals surface area contributed by atoms with Crippen molar-refractivity contribution in [2.24, 2.45) is 0 Å². The van der Waals surface area contributed by atoms with Crippen LogP contribution in [0.3, 0.4) is 0 Å². The normalized spacial score (nSPS) is 14.4. The van der Waals surface area contributed by atoms with E-state index in [1.165, 1.54) is 30.5 Å². The maximum Gasteiger partial charge on any atom is 0.254 e. The Hall–Kier alpha value is -3.55. The van der Waals surface area contributed by atoms with Gasteiger partial charge in [-0.15, -0.1) is 0 Å². The van der Waals surface area contributed by atoms with Crippen molar-refractivity contribution < 1.29 is 18.7 Å². The first kappa shape index (κ1) is 18.8. The number of amides is 2. The Morgan fingerprint density at radius 1 is 1.17 bits per heavy atom. The first-order chi connectivity index (χ1) is 14.0. The second-order valence-electron chi connectivity index (χ2n) is 6.77. The number of rotatable bonds is 3. The topological polar surface area (TPSA) is 84.4 Å². The van der Waals surface area contributed by atoms with E-state index in [9.17, 15) is 14.0 Å². The van der Waals surface area contributed by atoms with Gasteiger partial charge < -0.3 is 15.0 Å². The molecule has 1 N–H and O–H groups in total. The van der Waals surface area contributed by atoms with Crippen LogP contribution in [0, 0.1) is 5.82 Å². The molecule has 0 radical (unpaired) electrons. The Bertz CT molecular complexity index is 1100. The number of nitrogens with one attached hydrogen (secondary N) is 1. The second kappa shape index (κ2) is 7.83. The van der Waals surface area contributed by atoms with E-state index in [2.05, 4.69) is 15.3 Å².